The van der Waals surface area contributed by atoms with Gasteiger partial charge in [0.1, 0.15) is 18.1 Å². The lowest BCUT2D eigenvalue weighted by Crippen LogP contribution is -2.38. The Morgan fingerprint density at radius 1 is 1.23 bits per heavy atom. The Balaban J connectivity index is 1.79. The van der Waals surface area contributed by atoms with E-state index in [9.17, 15) is 18.0 Å². The molecule has 0 aliphatic carbocycles. The number of carbonyl (C=O) groups is 1. The molecule has 11 heteroatoms. The maximum atomic E-state index is 15.6. The maximum absolute atomic E-state index is 15.6. The van der Waals surface area contributed by atoms with Crippen LogP contribution >= 0.6 is 0 Å². The molecule has 2 aromatic heterocycles. The summed E-state index contributed by atoms with van der Waals surface area (Å²) in [5.74, 6) is -0.0761. The fraction of sp³-hybridized carbons (Fsp3) is 0.500. The fourth-order valence-corrected chi connectivity index (χ4v) is 3.48. The minimum atomic E-state index is -4.64. The van der Waals surface area contributed by atoms with Crippen LogP contribution in [0.4, 0.5) is 22.4 Å². The van der Waals surface area contributed by atoms with E-state index in [4.69, 9.17) is 9.84 Å². The Hall–Kier alpha value is -2.98. The van der Waals surface area contributed by atoms with Crippen molar-refractivity contribution in [3.8, 4) is 5.88 Å². The molecule has 1 aliphatic rings. The van der Waals surface area contributed by atoms with E-state index in [0.29, 0.717) is 37.4 Å². The molecule has 1 unspecified atom stereocenters. The van der Waals surface area contributed by atoms with Crippen molar-refractivity contribution in [2.75, 3.05) is 19.7 Å². The molecule has 1 amide bonds. The van der Waals surface area contributed by atoms with Crippen LogP contribution in [0.1, 0.15) is 48.5 Å². The van der Waals surface area contributed by atoms with Gasteiger partial charge in [0, 0.05) is 36.8 Å². The summed E-state index contributed by atoms with van der Waals surface area (Å²) in [6.45, 7) is 2.92. The van der Waals surface area contributed by atoms with Crippen LogP contribution < -0.4 is 4.74 Å². The van der Waals surface area contributed by atoms with Crippen molar-refractivity contribution in [1.82, 2.24) is 19.9 Å². The lowest BCUT2D eigenvalue weighted by Gasteiger charge is -2.32. The van der Waals surface area contributed by atoms with E-state index >= 15 is 4.39 Å². The van der Waals surface area contributed by atoms with E-state index in [1.54, 1.807) is 6.92 Å². The normalized spacial score (nSPS) is 17.3. The number of likely N-dealkylation sites (tertiary alicyclic amines) is 1. The zero-order valence-corrected chi connectivity index (χ0v) is 17.0. The summed E-state index contributed by atoms with van der Waals surface area (Å²) in [4.78, 5) is 24.3. The van der Waals surface area contributed by atoms with Crippen LogP contribution in [0.5, 0.6) is 5.88 Å². The smallest absolute Gasteiger partial charge is 0.433 e. The van der Waals surface area contributed by atoms with Crippen molar-refractivity contribution in [3.05, 3.63) is 47.2 Å². The number of piperidine rings is 1. The number of amides is 1. The minimum absolute atomic E-state index is 0.166. The Labute approximate surface area is 176 Å². The van der Waals surface area contributed by atoms with Crippen molar-refractivity contribution < 1.29 is 32.2 Å². The Morgan fingerprint density at radius 3 is 2.52 bits per heavy atom. The van der Waals surface area contributed by atoms with Crippen molar-refractivity contribution in [3.63, 3.8) is 0 Å². The van der Waals surface area contributed by atoms with E-state index in [1.807, 2.05) is 0 Å². The van der Waals surface area contributed by atoms with E-state index < -0.39 is 30.2 Å². The van der Waals surface area contributed by atoms with Crippen LogP contribution in [0.2, 0.25) is 0 Å². The van der Waals surface area contributed by atoms with Gasteiger partial charge in [-0.25, -0.2) is 24.1 Å². The molecule has 2 aromatic rings. The maximum Gasteiger partial charge on any atom is 0.433 e. The summed E-state index contributed by atoms with van der Waals surface area (Å²) >= 11 is 0. The molecule has 3 heterocycles. The molecule has 1 atom stereocenters. The lowest BCUT2D eigenvalue weighted by molar-refractivity contribution is -0.141. The summed E-state index contributed by atoms with van der Waals surface area (Å²) < 4.78 is 59.4. The first-order valence-electron chi connectivity index (χ1n) is 9.65. The van der Waals surface area contributed by atoms with E-state index in [0.717, 1.165) is 12.1 Å². The molecule has 1 N–H and O–H groups in total. The zero-order chi connectivity index (χ0) is 22.8. The summed E-state index contributed by atoms with van der Waals surface area (Å²) in [7, 11) is 0. The van der Waals surface area contributed by atoms with Gasteiger partial charge in [-0.15, -0.1) is 0 Å². The first kappa shape index (κ1) is 22.7. The summed E-state index contributed by atoms with van der Waals surface area (Å²) in [5, 5.41) is 9.12. The van der Waals surface area contributed by atoms with Gasteiger partial charge in [-0.2, -0.15) is 13.2 Å². The molecule has 0 bridgehead atoms. The molecule has 0 saturated carbocycles. The van der Waals surface area contributed by atoms with Crippen molar-refractivity contribution in [1.29, 1.82) is 0 Å². The highest BCUT2D eigenvalue weighted by molar-refractivity contribution is 5.65. The predicted molar refractivity (Wildman–Crippen MR) is 102 cm³/mol. The average molecular weight is 442 g/mol. The number of carboxylic acid groups (broad SMARTS) is 1. The molecule has 0 spiro atoms. The summed E-state index contributed by atoms with van der Waals surface area (Å²) in [6.07, 6.45) is -3.34. The largest absolute Gasteiger partial charge is 0.474 e. The van der Waals surface area contributed by atoms with Gasteiger partial charge in [0.25, 0.3) is 0 Å². The molecule has 7 nitrogen and oxygen atoms in total. The molecular weight excluding hydrogens is 420 g/mol. The number of hydrogen-bond acceptors (Lipinski definition) is 5. The molecule has 31 heavy (non-hydrogen) atoms. The molecule has 1 fully saturated rings. The number of ether oxygens (including phenoxy) is 1. The predicted octanol–water partition coefficient (Wildman–Crippen LogP) is 4.32. The summed E-state index contributed by atoms with van der Waals surface area (Å²) in [6, 6.07) is 3.16. The number of alkyl halides is 4. The van der Waals surface area contributed by atoms with Gasteiger partial charge in [0.15, 0.2) is 5.67 Å². The van der Waals surface area contributed by atoms with E-state index in [-0.39, 0.29) is 17.4 Å². The number of aromatic nitrogens is 3. The van der Waals surface area contributed by atoms with Crippen molar-refractivity contribution >= 4 is 6.09 Å². The number of pyridine rings is 1. The zero-order valence-electron chi connectivity index (χ0n) is 17.0. The highest BCUT2D eigenvalue weighted by atomic mass is 19.4. The lowest BCUT2D eigenvalue weighted by atomic mass is 9.86. The third-order valence-corrected chi connectivity index (χ3v) is 5.16. The standard InChI is InChI=1S/C20H22F4N4O3/c1-12-25-10-14(17(26-12)13-6-8-28(9-7-13)18(29)30)19(2,21)11-31-16-5-3-4-15(27-16)20(22,23)24/h3-5,10,13H,6-9,11H2,1-2H3,(H,29,30). The highest BCUT2D eigenvalue weighted by Crippen LogP contribution is 2.36. The van der Waals surface area contributed by atoms with Gasteiger partial charge in [-0.3, -0.25) is 0 Å². The number of hydrogen-bond donors (Lipinski definition) is 1. The molecule has 0 aromatic carbocycles. The van der Waals surface area contributed by atoms with Crippen molar-refractivity contribution in [2.24, 2.45) is 0 Å². The first-order chi connectivity index (χ1) is 14.5. The quantitative estimate of drug-likeness (QED) is 0.694. The SMILES string of the molecule is Cc1ncc(C(C)(F)COc2cccc(C(F)(F)F)n2)c(C2CCN(C(=O)O)CC2)n1. The Kier molecular flexibility index (Phi) is 6.33. The third kappa shape index (κ3) is 5.39. The number of rotatable bonds is 5. The van der Waals surface area contributed by atoms with E-state index in [1.165, 1.54) is 24.1 Å². The van der Waals surface area contributed by atoms with Crippen LogP contribution in [0.3, 0.4) is 0 Å². The van der Waals surface area contributed by atoms with Crippen LogP contribution in [-0.2, 0) is 11.8 Å². The fourth-order valence-electron chi connectivity index (χ4n) is 3.48. The monoisotopic (exact) mass is 442 g/mol. The molecular formula is C20H22F4N4O3. The van der Waals surface area contributed by atoms with E-state index in [2.05, 4.69) is 15.0 Å². The molecule has 0 radical (unpaired) electrons. The number of halogens is 4. The minimum Gasteiger partial charge on any atom is -0.474 e. The Morgan fingerprint density at radius 2 is 1.90 bits per heavy atom. The number of aryl methyl sites for hydroxylation is 1. The molecule has 1 saturated heterocycles. The topological polar surface area (TPSA) is 88.4 Å². The van der Waals surface area contributed by atoms with Gasteiger partial charge in [-0.05, 0) is 32.8 Å². The molecule has 168 valence electrons. The summed E-state index contributed by atoms with van der Waals surface area (Å²) in [5.41, 5.74) is -2.61. The molecule has 3 rings (SSSR count). The van der Waals surface area contributed by atoms with Crippen molar-refractivity contribution in [2.45, 2.75) is 44.5 Å². The highest BCUT2D eigenvalue weighted by Gasteiger charge is 2.36. The van der Waals surface area contributed by atoms with Gasteiger partial charge < -0.3 is 14.7 Å². The van der Waals surface area contributed by atoms with Crippen LogP contribution in [0.25, 0.3) is 0 Å². The van der Waals surface area contributed by atoms with Gasteiger partial charge >= 0.3 is 12.3 Å². The average Bonchev–Trinajstić information content (AvgIpc) is 2.72. The van der Waals surface area contributed by atoms with Gasteiger partial charge in [-0.1, -0.05) is 6.07 Å². The Bertz CT molecular complexity index is 944. The van der Waals surface area contributed by atoms with Gasteiger partial charge in [0.05, 0.1) is 5.69 Å². The second-order valence-electron chi connectivity index (χ2n) is 7.60. The number of nitrogens with zero attached hydrogens (tertiary/aromatic N) is 4. The van der Waals surface area contributed by atoms with Crippen LogP contribution in [-0.4, -0.2) is 50.7 Å². The molecule has 1 aliphatic heterocycles. The van der Waals surface area contributed by atoms with Crippen LogP contribution in [0.15, 0.2) is 24.4 Å². The van der Waals surface area contributed by atoms with Crippen LogP contribution in [0, 0.1) is 6.92 Å². The second-order valence-corrected chi connectivity index (χ2v) is 7.60. The first-order valence-corrected chi connectivity index (χ1v) is 9.65. The van der Waals surface area contributed by atoms with Gasteiger partial charge in [0.2, 0.25) is 5.88 Å². The third-order valence-electron chi connectivity index (χ3n) is 5.16. The second kappa shape index (κ2) is 8.64.